The van der Waals surface area contributed by atoms with Gasteiger partial charge in [-0.2, -0.15) is 0 Å². The molecule has 0 bridgehead atoms. The van der Waals surface area contributed by atoms with Gasteiger partial charge in [0, 0.05) is 19.1 Å². The molecular weight excluding hydrogens is 240 g/mol. The summed E-state index contributed by atoms with van der Waals surface area (Å²) in [5, 5.41) is 3.60. The molecule has 2 fully saturated rings. The van der Waals surface area contributed by atoms with Gasteiger partial charge >= 0.3 is 6.09 Å². The Morgan fingerprint density at radius 1 is 1.32 bits per heavy atom. The van der Waals surface area contributed by atoms with Crippen LogP contribution in [0.4, 0.5) is 4.79 Å². The minimum absolute atomic E-state index is 0.170. The van der Waals surface area contributed by atoms with E-state index in [1.165, 1.54) is 32.8 Å². The summed E-state index contributed by atoms with van der Waals surface area (Å²) >= 11 is 0. The van der Waals surface area contributed by atoms with Crippen LogP contribution in [-0.4, -0.2) is 43.8 Å². The van der Waals surface area contributed by atoms with Crippen molar-refractivity contribution in [3.05, 3.63) is 0 Å². The van der Waals surface area contributed by atoms with Crippen molar-refractivity contribution in [2.75, 3.05) is 26.7 Å². The molecule has 1 saturated heterocycles. The van der Waals surface area contributed by atoms with Crippen LogP contribution in [0.5, 0.6) is 0 Å². The Kier molecular flexibility index (Phi) is 5.08. The molecule has 2 rings (SSSR count). The molecule has 0 aromatic rings. The van der Waals surface area contributed by atoms with E-state index in [9.17, 15) is 4.79 Å². The summed E-state index contributed by atoms with van der Waals surface area (Å²) in [7, 11) is 1.48. The number of carbonyl (C=O) groups is 1. The zero-order chi connectivity index (χ0) is 13.8. The van der Waals surface area contributed by atoms with Crippen molar-refractivity contribution >= 4 is 6.09 Å². The number of hydrogen-bond donors (Lipinski definition) is 1. The fourth-order valence-corrected chi connectivity index (χ4v) is 3.03. The fraction of sp³-hybridized carbons (Fsp3) is 0.933. The number of piperidine rings is 1. The normalized spacial score (nSPS) is 27.7. The van der Waals surface area contributed by atoms with Crippen molar-refractivity contribution in [3.8, 4) is 0 Å². The minimum Gasteiger partial charge on any atom is -0.453 e. The summed E-state index contributed by atoms with van der Waals surface area (Å²) in [6, 6.07) is 0.430. The van der Waals surface area contributed by atoms with Gasteiger partial charge in [-0.05, 0) is 37.1 Å². The minimum atomic E-state index is -0.170. The van der Waals surface area contributed by atoms with Crippen molar-refractivity contribution in [3.63, 3.8) is 0 Å². The summed E-state index contributed by atoms with van der Waals surface area (Å²) in [4.78, 5) is 13.7. The summed E-state index contributed by atoms with van der Waals surface area (Å²) in [6.07, 6.45) is 5.10. The topological polar surface area (TPSA) is 41.6 Å². The molecule has 1 aliphatic heterocycles. The van der Waals surface area contributed by atoms with E-state index in [2.05, 4.69) is 19.2 Å². The molecule has 2 atom stereocenters. The van der Waals surface area contributed by atoms with Gasteiger partial charge in [0.25, 0.3) is 0 Å². The first-order valence-electron chi connectivity index (χ1n) is 7.64. The molecule has 1 N–H and O–H groups in total. The average Bonchev–Trinajstić information content (AvgIpc) is 3.19. The number of methoxy groups -OCH3 is 1. The molecule has 1 aliphatic carbocycles. The van der Waals surface area contributed by atoms with Gasteiger partial charge in [-0.15, -0.1) is 0 Å². The Morgan fingerprint density at radius 2 is 2.05 bits per heavy atom. The summed E-state index contributed by atoms with van der Waals surface area (Å²) in [5.41, 5.74) is 0. The van der Waals surface area contributed by atoms with Crippen LogP contribution in [-0.2, 0) is 4.74 Å². The lowest BCUT2D eigenvalue weighted by molar-refractivity contribution is 0.0875. The second-order valence-corrected chi connectivity index (χ2v) is 6.65. The highest BCUT2D eigenvalue weighted by Crippen LogP contribution is 2.37. The van der Waals surface area contributed by atoms with Gasteiger partial charge < -0.3 is 15.0 Å². The molecule has 1 heterocycles. The highest BCUT2D eigenvalue weighted by molar-refractivity contribution is 5.67. The van der Waals surface area contributed by atoms with Gasteiger partial charge in [-0.1, -0.05) is 26.7 Å². The van der Waals surface area contributed by atoms with Gasteiger partial charge in [0.15, 0.2) is 0 Å². The largest absolute Gasteiger partial charge is 0.453 e. The molecule has 0 aromatic heterocycles. The van der Waals surface area contributed by atoms with Crippen LogP contribution in [0.25, 0.3) is 0 Å². The van der Waals surface area contributed by atoms with E-state index in [0.717, 1.165) is 25.6 Å². The van der Waals surface area contributed by atoms with Crippen LogP contribution in [0.2, 0.25) is 0 Å². The summed E-state index contributed by atoms with van der Waals surface area (Å²) < 4.78 is 4.89. The third-order valence-electron chi connectivity index (χ3n) is 4.15. The maximum absolute atomic E-state index is 11.8. The second kappa shape index (κ2) is 6.60. The molecule has 1 saturated carbocycles. The lowest BCUT2D eigenvalue weighted by Gasteiger charge is -2.37. The lowest BCUT2D eigenvalue weighted by Crippen LogP contribution is -2.51. The molecule has 0 radical (unpaired) electrons. The highest BCUT2D eigenvalue weighted by Gasteiger charge is 2.34. The number of nitrogens with zero attached hydrogens (tertiary/aromatic N) is 1. The Bertz CT molecular complexity index is 303. The molecule has 4 heteroatoms. The Labute approximate surface area is 116 Å². The maximum Gasteiger partial charge on any atom is 0.409 e. The van der Waals surface area contributed by atoms with Crippen molar-refractivity contribution < 1.29 is 9.53 Å². The number of carbonyl (C=O) groups excluding carboxylic acids is 1. The van der Waals surface area contributed by atoms with Crippen molar-refractivity contribution in [1.29, 1.82) is 0 Å². The fourth-order valence-electron chi connectivity index (χ4n) is 3.03. The van der Waals surface area contributed by atoms with E-state index in [1.54, 1.807) is 0 Å². The molecule has 1 amide bonds. The van der Waals surface area contributed by atoms with Crippen molar-refractivity contribution in [1.82, 2.24) is 10.2 Å². The monoisotopic (exact) mass is 268 g/mol. The quantitative estimate of drug-likeness (QED) is 0.833. The van der Waals surface area contributed by atoms with Gasteiger partial charge in [-0.25, -0.2) is 4.79 Å². The number of nitrogens with one attached hydrogen (secondary N) is 1. The van der Waals surface area contributed by atoms with E-state index in [4.69, 9.17) is 4.74 Å². The summed E-state index contributed by atoms with van der Waals surface area (Å²) in [5.74, 6) is 2.22. The van der Waals surface area contributed by atoms with Crippen LogP contribution < -0.4 is 5.32 Å². The zero-order valence-electron chi connectivity index (χ0n) is 12.5. The van der Waals surface area contributed by atoms with Crippen molar-refractivity contribution in [2.45, 2.75) is 45.6 Å². The van der Waals surface area contributed by atoms with Crippen LogP contribution >= 0.6 is 0 Å². The third kappa shape index (κ3) is 4.68. The molecule has 4 nitrogen and oxygen atoms in total. The third-order valence-corrected chi connectivity index (χ3v) is 4.15. The molecule has 0 aromatic carbocycles. The van der Waals surface area contributed by atoms with Crippen LogP contribution in [0, 0.1) is 17.8 Å². The number of hydrogen-bond acceptors (Lipinski definition) is 3. The predicted octanol–water partition coefficient (Wildman–Crippen LogP) is 2.49. The first-order chi connectivity index (χ1) is 9.08. The zero-order valence-corrected chi connectivity index (χ0v) is 12.5. The first kappa shape index (κ1) is 14.6. The van der Waals surface area contributed by atoms with Gasteiger partial charge in [0.05, 0.1) is 7.11 Å². The van der Waals surface area contributed by atoms with E-state index in [0.29, 0.717) is 17.9 Å². The van der Waals surface area contributed by atoms with Crippen LogP contribution in [0.1, 0.15) is 39.5 Å². The smallest absolute Gasteiger partial charge is 0.409 e. The van der Waals surface area contributed by atoms with Crippen LogP contribution in [0.15, 0.2) is 0 Å². The second-order valence-electron chi connectivity index (χ2n) is 6.65. The number of ether oxygens (including phenoxy) is 1. The predicted molar refractivity (Wildman–Crippen MR) is 76.1 cm³/mol. The van der Waals surface area contributed by atoms with Gasteiger partial charge in [0.2, 0.25) is 0 Å². The van der Waals surface area contributed by atoms with Gasteiger partial charge in [-0.3, -0.25) is 0 Å². The summed E-state index contributed by atoms with van der Waals surface area (Å²) in [6.45, 7) is 7.13. The Morgan fingerprint density at radius 3 is 2.63 bits per heavy atom. The van der Waals surface area contributed by atoms with E-state index in [1.807, 2.05) is 4.90 Å². The average molecular weight is 268 g/mol. The molecule has 0 spiro atoms. The lowest BCUT2D eigenvalue weighted by atomic mass is 9.89. The number of likely N-dealkylation sites (tertiary alicyclic amines) is 1. The maximum atomic E-state index is 11.8. The Balaban J connectivity index is 1.88. The van der Waals surface area contributed by atoms with E-state index < -0.39 is 0 Å². The molecule has 2 aliphatic rings. The number of rotatable bonds is 5. The Hall–Kier alpha value is -0.770. The standard InChI is InChI=1S/C15H28N2O2/c1-11(2)8-16-14-7-13(6-12-4-5-12)9-17(10-14)15(18)19-3/h11-14,16H,4-10H2,1-3H3. The molecule has 110 valence electrons. The van der Waals surface area contributed by atoms with E-state index >= 15 is 0 Å². The van der Waals surface area contributed by atoms with E-state index in [-0.39, 0.29) is 6.09 Å². The van der Waals surface area contributed by atoms with Crippen LogP contribution in [0.3, 0.4) is 0 Å². The number of amides is 1. The molecular formula is C15H28N2O2. The molecule has 19 heavy (non-hydrogen) atoms. The molecule has 2 unspecified atom stereocenters. The van der Waals surface area contributed by atoms with Crippen molar-refractivity contribution in [2.24, 2.45) is 17.8 Å². The SMILES string of the molecule is COC(=O)N1CC(CC2CC2)CC(NCC(C)C)C1. The van der Waals surface area contributed by atoms with Gasteiger partial charge in [0.1, 0.15) is 0 Å². The first-order valence-corrected chi connectivity index (χ1v) is 7.64. The highest BCUT2D eigenvalue weighted by atomic mass is 16.5.